The van der Waals surface area contributed by atoms with Gasteiger partial charge in [-0.15, -0.1) is 0 Å². The van der Waals surface area contributed by atoms with E-state index in [2.05, 4.69) is 22.5 Å². The maximum Gasteiger partial charge on any atom is 0.191 e. The third-order valence-electron chi connectivity index (χ3n) is 5.64. The molecule has 1 aromatic rings. The third-order valence-corrected chi connectivity index (χ3v) is 5.64. The molecule has 3 heterocycles. The van der Waals surface area contributed by atoms with E-state index in [0.29, 0.717) is 12.1 Å². The van der Waals surface area contributed by atoms with Gasteiger partial charge in [0.1, 0.15) is 5.76 Å². The number of likely N-dealkylation sites (N-methyl/N-ethyl adjacent to an activating group) is 1. The molecule has 0 bridgehead atoms. The molecule has 0 saturated carbocycles. The Morgan fingerprint density at radius 1 is 1.22 bits per heavy atom. The number of hydrogen-bond acceptors (Lipinski definition) is 4. The van der Waals surface area contributed by atoms with Gasteiger partial charge in [0.2, 0.25) is 0 Å². The van der Waals surface area contributed by atoms with Crippen LogP contribution in [0.25, 0.3) is 0 Å². The first-order valence-electron chi connectivity index (χ1n) is 10.8. The van der Waals surface area contributed by atoms with Crippen molar-refractivity contribution in [1.82, 2.24) is 15.5 Å². The van der Waals surface area contributed by atoms with Crippen LogP contribution in [0.3, 0.4) is 0 Å². The summed E-state index contributed by atoms with van der Waals surface area (Å²) in [5.41, 5.74) is 0. The van der Waals surface area contributed by atoms with E-state index < -0.39 is 0 Å². The van der Waals surface area contributed by atoms with Crippen molar-refractivity contribution in [3.63, 3.8) is 0 Å². The third kappa shape index (κ3) is 6.85. The SMILES string of the molecule is CCN1CCCC1CN=C(NCCc1ccco1)NCCC1CCCCO1. The van der Waals surface area contributed by atoms with Gasteiger partial charge in [-0.05, 0) is 63.7 Å². The molecular formula is C21H36N4O2. The van der Waals surface area contributed by atoms with E-state index in [-0.39, 0.29) is 0 Å². The number of hydrogen-bond donors (Lipinski definition) is 2. The Kier molecular flexibility index (Phi) is 8.49. The highest BCUT2D eigenvalue weighted by atomic mass is 16.5. The van der Waals surface area contributed by atoms with Gasteiger partial charge in [0.05, 0.1) is 18.9 Å². The zero-order chi connectivity index (χ0) is 18.7. The number of rotatable bonds is 9. The highest BCUT2D eigenvalue weighted by molar-refractivity contribution is 5.79. The number of furan rings is 1. The minimum atomic E-state index is 0.404. The number of likely N-dealkylation sites (tertiary alicyclic amines) is 1. The molecule has 6 nitrogen and oxygen atoms in total. The van der Waals surface area contributed by atoms with Crippen molar-refractivity contribution in [2.45, 2.75) is 64.0 Å². The highest BCUT2D eigenvalue weighted by Crippen LogP contribution is 2.17. The van der Waals surface area contributed by atoms with Crippen LogP contribution in [0.1, 0.15) is 51.2 Å². The summed E-state index contributed by atoms with van der Waals surface area (Å²) in [6.07, 6.45) is 10.3. The van der Waals surface area contributed by atoms with Gasteiger partial charge in [0.25, 0.3) is 0 Å². The minimum absolute atomic E-state index is 0.404. The van der Waals surface area contributed by atoms with Crippen LogP contribution in [0.15, 0.2) is 27.8 Å². The Morgan fingerprint density at radius 3 is 2.93 bits per heavy atom. The van der Waals surface area contributed by atoms with E-state index in [1.165, 1.54) is 38.6 Å². The Labute approximate surface area is 163 Å². The maximum atomic E-state index is 5.84. The van der Waals surface area contributed by atoms with Crippen LogP contribution in [-0.2, 0) is 11.2 Å². The van der Waals surface area contributed by atoms with E-state index >= 15 is 0 Å². The smallest absolute Gasteiger partial charge is 0.191 e. The fourth-order valence-electron chi connectivity index (χ4n) is 4.03. The molecule has 1 aromatic heterocycles. The van der Waals surface area contributed by atoms with Gasteiger partial charge >= 0.3 is 0 Å². The van der Waals surface area contributed by atoms with Crippen molar-refractivity contribution >= 4 is 5.96 Å². The molecule has 0 aromatic carbocycles. The van der Waals surface area contributed by atoms with Crippen LogP contribution < -0.4 is 10.6 Å². The predicted molar refractivity (Wildman–Crippen MR) is 109 cm³/mol. The number of nitrogens with zero attached hydrogens (tertiary/aromatic N) is 2. The molecule has 0 amide bonds. The topological polar surface area (TPSA) is 62.0 Å². The van der Waals surface area contributed by atoms with Crippen molar-refractivity contribution in [2.75, 3.05) is 39.3 Å². The van der Waals surface area contributed by atoms with Crippen molar-refractivity contribution in [2.24, 2.45) is 4.99 Å². The van der Waals surface area contributed by atoms with E-state index in [1.807, 2.05) is 12.1 Å². The lowest BCUT2D eigenvalue weighted by molar-refractivity contribution is 0.0122. The van der Waals surface area contributed by atoms with Gasteiger partial charge in [0.15, 0.2) is 5.96 Å². The summed E-state index contributed by atoms with van der Waals surface area (Å²) in [5, 5.41) is 6.99. The summed E-state index contributed by atoms with van der Waals surface area (Å²) in [6, 6.07) is 4.54. The molecule has 2 saturated heterocycles. The second-order valence-corrected chi connectivity index (χ2v) is 7.57. The van der Waals surface area contributed by atoms with Crippen molar-refractivity contribution in [1.29, 1.82) is 0 Å². The lowest BCUT2D eigenvalue weighted by atomic mass is 10.1. The monoisotopic (exact) mass is 376 g/mol. The average Bonchev–Trinajstić information content (AvgIpc) is 3.38. The van der Waals surface area contributed by atoms with Gasteiger partial charge in [0, 0.05) is 32.2 Å². The second kappa shape index (κ2) is 11.3. The molecule has 3 rings (SSSR count). The Hall–Kier alpha value is -1.53. The fraction of sp³-hybridized carbons (Fsp3) is 0.762. The Balaban J connectivity index is 1.46. The molecule has 2 fully saturated rings. The highest BCUT2D eigenvalue weighted by Gasteiger charge is 2.22. The van der Waals surface area contributed by atoms with Crippen molar-refractivity contribution in [3.05, 3.63) is 24.2 Å². The molecule has 2 N–H and O–H groups in total. The van der Waals surface area contributed by atoms with E-state index in [4.69, 9.17) is 14.1 Å². The summed E-state index contributed by atoms with van der Waals surface area (Å²) >= 11 is 0. The lowest BCUT2D eigenvalue weighted by Crippen LogP contribution is -2.41. The van der Waals surface area contributed by atoms with Crippen LogP contribution in [0, 0.1) is 0 Å². The van der Waals surface area contributed by atoms with Crippen LogP contribution in [0.4, 0.5) is 0 Å². The second-order valence-electron chi connectivity index (χ2n) is 7.57. The summed E-state index contributed by atoms with van der Waals surface area (Å²) in [5.74, 6) is 1.92. The molecule has 0 aliphatic carbocycles. The average molecular weight is 377 g/mol. The largest absolute Gasteiger partial charge is 0.469 e. The first-order chi connectivity index (χ1) is 13.3. The summed E-state index contributed by atoms with van der Waals surface area (Å²) in [6.45, 7) is 8.08. The predicted octanol–water partition coefficient (Wildman–Crippen LogP) is 2.80. The zero-order valence-corrected chi connectivity index (χ0v) is 16.8. The van der Waals surface area contributed by atoms with Gasteiger partial charge in [-0.2, -0.15) is 0 Å². The number of aliphatic imine (C=N–C) groups is 1. The minimum Gasteiger partial charge on any atom is -0.469 e. The molecular weight excluding hydrogens is 340 g/mol. The van der Waals surface area contributed by atoms with Crippen LogP contribution in [-0.4, -0.2) is 62.3 Å². The van der Waals surface area contributed by atoms with Crippen LogP contribution >= 0.6 is 0 Å². The first kappa shape index (κ1) is 20.2. The molecule has 0 radical (unpaired) electrons. The van der Waals surface area contributed by atoms with Crippen molar-refractivity contribution in [3.8, 4) is 0 Å². The zero-order valence-electron chi connectivity index (χ0n) is 16.8. The van der Waals surface area contributed by atoms with Gasteiger partial charge in [-0.1, -0.05) is 6.92 Å². The van der Waals surface area contributed by atoms with Crippen LogP contribution in [0.2, 0.25) is 0 Å². The molecule has 6 heteroatoms. The van der Waals surface area contributed by atoms with Gasteiger partial charge < -0.3 is 19.8 Å². The number of guanidine groups is 1. The quantitative estimate of drug-likeness (QED) is 0.513. The Morgan fingerprint density at radius 2 is 2.15 bits per heavy atom. The summed E-state index contributed by atoms with van der Waals surface area (Å²) in [7, 11) is 0. The summed E-state index contributed by atoms with van der Waals surface area (Å²) in [4.78, 5) is 7.43. The fourth-order valence-corrected chi connectivity index (χ4v) is 4.03. The standard InChI is InChI=1S/C21H36N4O2/c1-2-25-14-5-7-18(25)17-24-21(23-13-11-20-9-6-16-27-20)22-12-10-19-8-3-4-15-26-19/h6,9,16,18-19H,2-5,7-8,10-15,17H2,1H3,(H2,22,23,24). The molecule has 2 atom stereocenters. The van der Waals surface area contributed by atoms with Gasteiger partial charge in [-0.25, -0.2) is 0 Å². The molecule has 0 spiro atoms. The lowest BCUT2D eigenvalue weighted by Gasteiger charge is -2.23. The van der Waals surface area contributed by atoms with Gasteiger partial charge in [-0.3, -0.25) is 9.89 Å². The van der Waals surface area contributed by atoms with E-state index in [9.17, 15) is 0 Å². The first-order valence-corrected chi connectivity index (χ1v) is 10.8. The molecule has 2 unspecified atom stereocenters. The summed E-state index contributed by atoms with van der Waals surface area (Å²) < 4.78 is 11.3. The van der Waals surface area contributed by atoms with Crippen molar-refractivity contribution < 1.29 is 9.15 Å². The van der Waals surface area contributed by atoms with Crippen LogP contribution in [0.5, 0.6) is 0 Å². The normalized spacial score (nSPS) is 24.3. The molecule has 152 valence electrons. The number of ether oxygens (including phenoxy) is 1. The maximum absolute atomic E-state index is 5.84. The van der Waals surface area contributed by atoms with E-state index in [1.54, 1.807) is 6.26 Å². The van der Waals surface area contributed by atoms with E-state index in [0.717, 1.165) is 57.3 Å². The molecule has 27 heavy (non-hydrogen) atoms. The molecule has 2 aliphatic heterocycles. The number of nitrogens with one attached hydrogen (secondary N) is 2. The Bertz CT molecular complexity index is 540. The molecule has 2 aliphatic rings.